The molecule has 110 valence electrons. The van der Waals surface area contributed by atoms with Crippen LogP contribution in [0.3, 0.4) is 0 Å². The zero-order valence-electron chi connectivity index (χ0n) is 10.1. The number of aromatic nitrogens is 2. The van der Waals surface area contributed by atoms with E-state index in [0.717, 1.165) is 12.4 Å². The van der Waals surface area contributed by atoms with E-state index in [-0.39, 0.29) is 22.2 Å². The van der Waals surface area contributed by atoms with Crippen molar-refractivity contribution in [3.05, 3.63) is 46.6 Å². The van der Waals surface area contributed by atoms with Crippen LogP contribution in [0.1, 0.15) is 15.9 Å². The van der Waals surface area contributed by atoms with E-state index < -0.39 is 17.6 Å². The molecule has 2 aromatic rings. The Morgan fingerprint density at radius 1 is 1.24 bits per heavy atom. The van der Waals surface area contributed by atoms with Crippen molar-refractivity contribution in [1.29, 1.82) is 0 Å². The van der Waals surface area contributed by atoms with Gasteiger partial charge < -0.3 is 5.32 Å². The fourth-order valence-corrected chi connectivity index (χ4v) is 1.71. The maximum absolute atomic E-state index is 13.2. The van der Waals surface area contributed by atoms with Crippen LogP contribution in [0.5, 0.6) is 0 Å². The van der Waals surface area contributed by atoms with Gasteiger partial charge in [0, 0.05) is 5.69 Å². The number of carbonyl (C=O) groups excluding carboxylic acids is 1. The minimum atomic E-state index is -4.83. The molecule has 0 aliphatic heterocycles. The molecule has 21 heavy (non-hydrogen) atoms. The van der Waals surface area contributed by atoms with Gasteiger partial charge in [-0.3, -0.25) is 4.79 Å². The Morgan fingerprint density at radius 2 is 1.95 bits per heavy atom. The highest BCUT2D eigenvalue weighted by molar-refractivity contribution is 6.32. The zero-order chi connectivity index (χ0) is 15.6. The van der Waals surface area contributed by atoms with Crippen LogP contribution in [0, 0.1) is 5.82 Å². The lowest BCUT2D eigenvalue weighted by Gasteiger charge is -2.12. The molecule has 0 aliphatic carbocycles. The lowest BCUT2D eigenvalue weighted by molar-refractivity contribution is -0.139. The Labute approximate surface area is 120 Å². The number of nitrogens with one attached hydrogen (secondary N) is 1. The molecule has 1 aromatic carbocycles. The molecule has 0 saturated heterocycles. The number of carbonyl (C=O) groups is 1. The molecule has 0 bridgehead atoms. The first-order chi connectivity index (χ1) is 9.82. The number of hydrogen-bond acceptors (Lipinski definition) is 4. The van der Waals surface area contributed by atoms with Crippen molar-refractivity contribution in [2.75, 3.05) is 5.32 Å². The summed E-state index contributed by atoms with van der Waals surface area (Å²) in [5.41, 5.74) is -1.64. The summed E-state index contributed by atoms with van der Waals surface area (Å²) < 4.78 is 51.0. The highest BCUT2D eigenvalue weighted by atomic mass is 35.5. The second kappa shape index (κ2) is 5.65. The molecule has 1 aromatic heterocycles. The standard InChI is InChI=1S/C12H6ClF4N3O/c13-10-7(4-21)11(19-5-18-10)20-6-1-2-9(14)8(3-6)12(15,16)17/h1-5H,(H,18,19,20). The Morgan fingerprint density at radius 3 is 2.57 bits per heavy atom. The van der Waals surface area contributed by atoms with Gasteiger partial charge in [-0.2, -0.15) is 13.2 Å². The average Bonchev–Trinajstić information content (AvgIpc) is 2.40. The monoisotopic (exact) mass is 319 g/mol. The third kappa shape index (κ3) is 3.27. The van der Waals surface area contributed by atoms with Crippen molar-refractivity contribution in [3.63, 3.8) is 0 Å². The van der Waals surface area contributed by atoms with Gasteiger partial charge in [-0.1, -0.05) is 11.6 Å². The molecular formula is C12H6ClF4N3O. The Balaban J connectivity index is 2.42. The molecule has 0 saturated carbocycles. The van der Waals surface area contributed by atoms with Gasteiger partial charge in [0.05, 0.1) is 11.1 Å². The maximum Gasteiger partial charge on any atom is 0.419 e. The van der Waals surface area contributed by atoms with E-state index >= 15 is 0 Å². The van der Waals surface area contributed by atoms with Gasteiger partial charge in [-0.05, 0) is 18.2 Å². The Kier molecular flexibility index (Phi) is 4.08. The minimum Gasteiger partial charge on any atom is -0.339 e. The van der Waals surface area contributed by atoms with Gasteiger partial charge in [-0.15, -0.1) is 0 Å². The summed E-state index contributed by atoms with van der Waals surface area (Å²) in [6.07, 6.45) is -3.44. The largest absolute Gasteiger partial charge is 0.419 e. The molecule has 4 nitrogen and oxygen atoms in total. The van der Waals surface area contributed by atoms with Crippen LogP contribution >= 0.6 is 11.6 Å². The van der Waals surface area contributed by atoms with E-state index in [1.807, 2.05) is 0 Å². The first kappa shape index (κ1) is 15.2. The summed E-state index contributed by atoms with van der Waals surface area (Å²) in [6.45, 7) is 0. The highest BCUT2D eigenvalue weighted by Gasteiger charge is 2.34. The van der Waals surface area contributed by atoms with Crippen molar-refractivity contribution in [3.8, 4) is 0 Å². The summed E-state index contributed by atoms with van der Waals surface area (Å²) in [4.78, 5) is 18.1. The van der Waals surface area contributed by atoms with Gasteiger partial charge in [0.25, 0.3) is 0 Å². The van der Waals surface area contributed by atoms with Crippen LogP contribution in [-0.2, 0) is 6.18 Å². The zero-order valence-corrected chi connectivity index (χ0v) is 10.8. The van der Waals surface area contributed by atoms with E-state index in [9.17, 15) is 22.4 Å². The lowest BCUT2D eigenvalue weighted by atomic mass is 10.1. The minimum absolute atomic E-state index is 0.0790. The summed E-state index contributed by atoms with van der Waals surface area (Å²) in [5, 5.41) is 2.32. The van der Waals surface area contributed by atoms with Crippen molar-refractivity contribution >= 4 is 29.4 Å². The topological polar surface area (TPSA) is 54.9 Å². The van der Waals surface area contributed by atoms with Crippen molar-refractivity contribution < 1.29 is 22.4 Å². The molecule has 2 rings (SSSR count). The molecule has 1 heterocycles. The predicted octanol–water partition coefficient (Wildman–Crippen LogP) is 3.84. The van der Waals surface area contributed by atoms with E-state index in [4.69, 9.17) is 11.6 Å². The molecular weight excluding hydrogens is 314 g/mol. The van der Waals surface area contributed by atoms with Gasteiger partial charge in [0.1, 0.15) is 23.1 Å². The van der Waals surface area contributed by atoms with Gasteiger partial charge >= 0.3 is 6.18 Å². The maximum atomic E-state index is 13.2. The Bertz CT molecular complexity index is 691. The number of nitrogens with zero attached hydrogens (tertiary/aromatic N) is 2. The SMILES string of the molecule is O=Cc1c(Cl)ncnc1Nc1ccc(F)c(C(F)(F)F)c1. The van der Waals surface area contributed by atoms with Crippen molar-refractivity contribution in [2.24, 2.45) is 0 Å². The van der Waals surface area contributed by atoms with Crippen LogP contribution < -0.4 is 5.32 Å². The molecule has 0 amide bonds. The van der Waals surface area contributed by atoms with E-state index in [1.165, 1.54) is 0 Å². The summed E-state index contributed by atoms with van der Waals surface area (Å²) in [7, 11) is 0. The average molecular weight is 320 g/mol. The number of alkyl halides is 3. The van der Waals surface area contributed by atoms with Crippen LogP contribution in [0.4, 0.5) is 29.1 Å². The Hall–Kier alpha value is -2.22. The molecule has 0 radical (unpaired) electrons. The number of anilines is 2. The second-order valence-corrected chi connectivity index (χ2v) is 4.22. The molecule has 0 atom stereocenters. The number of benzene rings is 1. The lowest BCUT2D eigenvalue weighted by Crippen LogP contribution is -2.09. The third-order valence-electron chi connectivity index (χ3n) is 2.49. The predicted molar refractivity (Wildman–Crippen MR) is 67.1 cm³/mol. The first-order valence-electron chi connectivity index (χ1n) is 5.42. The quantitative estimate of drug-likeness (QED) is 0.530. The summed E-state index contributed by atoms with van der Waals surface area (Å²) in [6, 6.07) is 2.31. The molecule has 1 N–H and O–H groups in total. The number of aldehydes is 1. The van der Waals surface area contributed by atoms with Gasteiger partial charge in [0.15, 0.2) is 6.29 Å². The van der Waals surface area contributed by atoms with Crippen LogP contribution in [0.25, 0.3) is 0 Å². The molecule has 0 unspecified atom stereocenters. The summed E-state index contributed by atoms with van der Waals surface area (Å²) >= 11 is 5.66. The molecule has 0 aliphatic rings. The van der Waals surface area contributed by atoms with Crippen molar-refractivity contribution in [1.82, 2.24) is 9.97 Å². The van der Waals surface area contributed by atoms with Crippen LogP contribution in [-0.4, -0.2) is 16.3 Å². The van der Waals surface area contributed by atoms with E-state index in [1.54, 1.807) is 0 Å². The van der Waals surface area contributed by atoms with Crippen molar-refractivity contribution in [2.45, 2.75) is 6.18 Å². The van der Waals surface area contributed by atoms with Gasteiger partial charge in [0.2, 0.25) is 0 Å². The van der Waals surface area contributed by atoms with Crippen LogP contribution in [0.15, 0.2) is 24.5 Å². The summed E-state index contributed by atoms with van der Waals surface area (Å²) in [5.74, 6) is -1.48. The van der Waals surface area contributed by atoms with E-state index in [2.05, 4.69) is 15.3 Å². The number of hydrogen-bond donors (Lipinski definition) is 1. The molecule has 9 heteroatoms. The van der Waals surface area contributed by atoms with E-state index in [0.29, 0.717) is 18.4 Å². The fraction of sp³-hybridized carbons (Fsp3) is 0.0833. The number of rotatable bonds is 3. The molecule has 0 fully saturated rings. The van der Waals surface area contributed by atoms with Gasteiger partial charge in [-0.25, -0.2) is 14.4 Å². The smallest absolute Gasteiger partial charge is 0.339 e. The second-order valence-electron chi connectivity index (χ2n) is 3.86. The molecule has 0 spiro atoms. The normalized spacial score (nSPS) is 11.3. The number of halogens is 5. The first-order valence-corrected chi connectivity index (χ1v) is 5.80. The fourth-order valence-electron chi connectivity index (χ4n) is 1.54. The van der Waals surface area contributed by atoms with Crippen LogP contribution in [0.2, 0.25) is 5.15 Å². The third-order valence-corrected chi connectivity index (χ3v) is 2.79. The highest BCUT2D eigenvalue weighted by Crippen LogP contribution is 2.33.